The van der Waals surface area contributed by atoms with E-state index in [0.29, 0.717) is 18.7 Å². The minimum atomic E-state index is -0.470. The van der Waals surface area contributed by atoms with Crippen molar-refractivity contribution in [3.63, 3.8) is 0 Å². The lowest BCUT2D eigenvalue weighted by molar-refractivity contribution is -0.139. The number of carbonyl (C=O) groups excluding carboxylic acids is 2. The first-order chi connectivity index (χ1) is 14.8. The van der Waals surface area contributed by atoms with Crippen LogP contribution in [0.25, 0.3) is 0 Å². The van der Waals surface area contributed by atoms with E-state index in [2.05, 4.69) is 24.4 Å². The zero-order valence-corrected chi connectivity index (χ0v) is 20.3. The van der Waals surface area contributed by atoms with Crippen molar-refractivity contribution in [2.45, 2.75) is 71.8 Å². The highest BCUT2D eigenvalue weighted by atomic mass is 32.2. The van der Waals surface area contributed by atoms with Gasteiger partial charge in [-0.05, 0) is 50.3 Å². The molecule has 0 aliphatic rings. The number of benzene rings is 2. The van der Waals surface area contributed by atoms with Gasteiger partial charge in [0.25, 0.3) is 0 Å². The first-order valence-electron chi connectivity index (χ1n) is 11.1. The largest absolute Gasteiger partial charge is 0.352 e. The predicted octanol–water partition coefficient (Wildman–Crippen LogP) is 5.26. The van der Waals surface area contributed by atoms with Crippen LogP contribution in [0.3, 0.4) is 0 Å². The molecule has 168 valence electrons. The summed E-state index contributed by atoms with van der Waals surface area (Å²) in [6, 6.07) is 16.0. The summed E-state index contributed by atoms with van der Waals surface area (Å²) in [5, 5.41) is 3.06. The van der Waals surface area contributed by atoms with Crippen LogP contribution < -0.4 is 5.32 Å². The van der Waals surface area contributed by atoms with Gasteiger partial charge in [0.2, 0.25) is 11.8 Å². The van der Waals surface area contributed by atoms with E-state index >= 15 is 0 Å². The molecule has 2 rings (SSSR count). The highest BCUT2D eigenvalue weighted by Gasteiger charge is 2.29. The molecule has 0 fully saturated rings. The van der Waals surface area contributed by atoms with Crippen molar-refractivity contribution in [1.82, 2.24) is 10.2 Å². The Morgan fingerprint density at radius 3 is 2.29 bits per heavy atom. The van der Waals surface area contributed by atoms with Gasteiger partial charge in [-0.1, -0.05) is 67.9 Å². The van der Waals surface area contributed by atoms with Gasteiger partial charge in [-0.3, -0.25) is 9.59 Å². The molecule has 0 aliphatic heterocycles. The van der Waals surface area contributed by atoms with Gasteiger partial charge < -0.3 is 10.2 Å². The number of thioether (sulfide) groups is 1. The summed E-state index contributed by atoms with van der Waals surface area (Å²) in [4.78, 5) is 28.0. The van der Waals surface area contributed by atoms with Crippen molar-refractivity contribution < 1.29 is 9.59 Å². The third-order valence-corrected chi connectivity index (χ3v) is 6.57. The van der Waals surface area contributed by atoms with Crippen molar-refractivity contribution in [3.8, 4) is 0 Å². The SMILES string of the molecule is CC[C@H](C(=O)N[C@@H](C)CC)N(Cc1ccc(C)cc1)C(=O)CSCc1ccccc1C. The number of nitrogens with one attached hydrogen (secondary N) is 1. The summed E-state index contributed by atoms with van der Waals surface area (Å²) in [6.07, 6.45) is 1.45. The summed E-state index contributed by atoms with van der Waals surface area (Å²) in [7, 11) is 0. The van der Waals surface area contributed by atoms with E-state index in [9.17, 15) is 9.59 Å². The molecule has 0 aliphatic carbocycles. The van der Waals surface area contributed by atoms with E-state index in [1.54, 1.807) is 16.7 Å². The van der Waals surface area contributed by atoms with Crippen molar-refractivity contribution in [2.75, 3.05) is 5.75 Å². The first-order valence-corrected chi connectivity index (χ1v) is 12.3. The molecule has 0 radical (unpaired) electrons. The maximum Gasteiger partial charge on any atom is 0.243 e. The minimum Gasteiger partial charge on any atom is -0.352 e. The molecule has 0 bridgehead atoms. The molecule has 5 heteroatoms. The lowest BCUT2D eigenvalue weighted by Gasteiger charge is -2.31. The summed E-state index contributed by atoms with van der Waals surface area (Å²) in [5.74, 6) is 1.08. The molecule has 1 N–H and O–H groups in total. The summed E-state index contributed by atoms with van der Waals surface area (Å²) in [5.41, 5.74) is 4.69. The number of carbonyl (C=O) groups is 2. The van der Waals surface area contributed by atoms with Crippen LogP contribution in [0.4, 0.5) is 0 Å². The first kappa shape index (κ1) is 25.0. The fourth-order valence-electron chi connectivity index (χ4n) is 3.35. The van der Waals surface area contributed by atoms with E-state index in [0.717, 1.165) is 17.7 Å². The Bertz CT molecular complexity index is 851. The number of nitrogens with zero attached hydrogens (tertiary/aromatic N) is 1. The normalized spacial score (nSPS) is 12.8. The van der Waals surface area contributed by atoms with Gasteiger partial charge in [0, 0.05) is 18.3 Å². The van der Waals surface area contributed by atoms with Crippen LogP contribution in [0, 0.1) is 13.8 Å². The maximum absolute atomic E-state index is 13.3. The van der Waals surface area contributed by atoms with Crippen molar-refractivity contribution >= 4 is 23.6 Å². The van der Waals surface area contributed by atoms with Gasteiger partial charge in [0.05, 0.1) is 5.75 Å². The van der Waals surface area contributed by atoms with Crippen LogP contribution in [-0.2, 0) is 21.9 Å². The molecule has 0 unspecified atom stereocenters. The molecule has 0 saturated carbocycles. The lowest BCUT2D eigenvalue weighted by Crippen LogP contribution is -2.51. The Labute approximate surface area is 191 Å². The molecule has 2 amide bonds. The zero-order chi connectivity index (χ0) is 22.8. The van der Waals surface area contributed by atoms with Crippen LogP contribution in [0.15, 0.2) is 48.5 Å². The molecule has 2 atom stereocenters. The summed E-state index contributed by atoms with van der Waals surface area (Å²) < 4.78 is 0. The Morgan fingerprint density at radius 1 is 1.00 bits per heavy atom. The van der Waals surface area contributed by atoms with Crippen molar-refractivity contribution in [1.29, 1.82) is 0 Å². The molecular formula is C26H36N2O2S. The Kier molecular flexibility index (Phi) is 10.1. The summed E-state index contributed by atoms with van der Waals surface area (Å²) >= 11 is 1.61. The second kappa shape index (κ2) is 12.6. The summed E-state index contributed by atoms with van der Waals surface area (Å²) in [6.45, 7) is 10.6. The van der Waals surface area contributed by atoms with Crippen LogP contribution in [0.5, 0.6) is 0 Å². The fourth-order valence-corrected chi connectivity index (χ4v) is 4.34. The second-order valence-corrected chi connectivity index (χ2v) is 9.15. The maximum atomic E-state index is 13.3. The van der Waals surface area contributed by atoms with Gasteiger partial charge in [-0.2, -0.15) is 0 Å². The Morgan fingerprint density at radius 2 is 1.68 bits per heavy atom. The van der Waals surface area contributed by atoms with Gasteiger partial charge in [0.1, 0.15) is 6.04 Å². The van der Waals surface area contributed by atoms with Crippen molar-refractivity contribution in [2.24, 2.45) is 0 Å². The molecule has 0 saturated heterocycles. The Hall–Kier alpha value is -2.27. The smallest absolute Gasteiger partial charge is 0.243 e. The zero-order valence-electron chi connectivity index (χ0n) is 19.5. The van der Waals surface area contributed by atoms with Crippen molar-refractivity contribution in [3.05, 3.63) is 70.8 Å². The number of amides is 2. The topological polar surface area (TPSA) is 49.4 Å². The van der Waals surface area contributed by atoms with Crippen LogP contribution in [0.2, 0.25) is 0 Å². The highest BCUT2D eigenvalue weighted by Crippen LogP contribution is 2.19. The quantitative estimate of drug-likeness (QED) is 0.519. The molecule has 31 heavy (non-hydrogen) atoms. The predicted molar refractivity (Wildman–Crippen MR) is 131 cm³/mol. The number of aryl methyl sites for hydroxylation is 2. The minimum absolute atomic E-state index is 0.00492. The molecule has 0 heterocycles. The van der Waals surface area contributed by atoms with Crippen LogP contribution in [0.1, 0.15) is 55.9 Å². The second-order valence-electron chi connectivity index (χ2n) is 8.17. The average Bonchev–Trinajstić information content (AvgIpc) is 2.76. The fraction of sp³-hybridized carbons (Fsp3) is 0.462. The van der Waals surface area contributed by atoms with E-state index in [-0.39, 0.29) is 17.9 Å². The lowest BCUT2D eigenvalue weighted by atomic mass is 10.1. The molecule has 2 aromatic rings. The molecule has 0 spiro atoms. The number of rotatable bonds is 11. The Balaban J connectivity index is 2.14. The monoisotopic (exact) mass is 440 g/mol. The third kappa shape index (κ3) is 7.73. The van der Waals surface area contributed by atoms with Gasteiger partial charge in [-0.15, -0.1) is 11.8 Å². The average molecular weight is 441 g/mol. The molecular weight excluding hydrogens is 404 g/mol. The van der Waals surface area contributed by atoms with Gasteiger partial charge in [0.15, 0.2) is 0 Å². The van der Waals surface area contributed by atoms with E-state index in [4.69, 9.17) is 0 Å². The molecule has 4 nitrogen and oxygen atoms in total. The number of hydrogen-bond acceptors (Lipinski definition) is 3. The molecule has 0 aromatic heterocycles. The molecule has 2 aromatic carbocycles. The van der Waals surface area contributed by atoms with Crippen LogP contribution in [-0.4, -0.2) is 34.6 Å². The van der Waals surface area contributed by atoms with E-state index in [1.165, 1.54) is 16.7 Å². The van der Waals surface area contributed by atoms with E-state index in [1.807, 2.05) is 64.1 Å². The third-order valence-electron chi connectivity index (χ3n) is 5.60. The standard InChI is InChI=1S/C26H36N2O2S/c1-6-21(5)27-26(30)24(7-2)28(16-22-14-12-19(3)13-15-22)25(29)18-31-17-23-11-9-8-10-20(23)4/h8-15,21,24H,6-7,16-18H2,1-5H3,(H,27,30)/t21-,24+/m0/s1. The van der Waals surface area contributed by atoms with Gasteiger partial charge in [-0.25, -0.2) is 0 Å². The van der Waals surface area contributed by atoms with Gasteiger partial charge >= 0.3 is 0 Å². The van der Waals surface area contributed by atoms with E-state index < -0.39 is 6.04 Å². The number of hydrogen-bond donors (Lipinski definition) is 1. The van der Waals surface area contributed by atoms with Crippen LogP contribution >= 0.6 is 11.8 Å². The highest BCUT2D eigenvalue weighted by molar-refractivity contribution is 7.99.